The molecule has 0 aromatic heterocycles. The molecule has 0 radical (unpaired) electrons. The minimum atomic E-state index is -0.473. The third-order valence-electron chi connectivity index (χ3n) is 3.68. The Morgan fingerprint density at radius 3 is 2.46 bits per heavy atom. The number of rotatable bonds is 4. The lowest BCUT2D eigenvalue weighted by Gasteiger charge is -2.22. The van der Waals surface area contributed by atoms with E-state index in [1.807, 2.05) is 30.3 Å². The Hall–Kier alpha value is -3.02. The zero-order chi connectivity index (χ0) is 16.8. The van der Waals surface area contributed by atoms with Gasteiger partial charge in [0.2, 0.25) is 5.91 Å². The summed E-state index contributed by atoms with van der Waals surface area (Å²) in [4.78, 5) is 23.6. The zero-order valence-corrected chi connectivity index (χ0v) is 13.1. The van der Waals surface area contributed by atoms with Crippen LogP contribution >= 0.6 is 0 Å². The molecule has 1 saturated heterocycles. The molecule has 0 spiro atoms. The van der Waals surface area contributed by atoms with Crippen LogP contribution in [0.3, 0.4) is 0 Å². The van der Waals surface area contributed by atoms with Gasteiger partial charge in [-0.25, -0.2) is 4.79 Å². The molecule has 124 valence electrons. The van der Waals surface area contributed by atoms with Crippen LogP contribution in [0, 0.1) is 0 Å². The van der Waals surface area contributed by atoms with Crippen molar-refractivity contribution < 1.29 is 14.3 Å². The Morgan fingerprint density at radius 1 is 1.04 bits per heavy atom. The predicted octanol–water partition coefficient (Wildman–Crippen LogP) is 2.88. The number of nitrogens with one attached hydrogen (secondary N) is 3. The second-order valence-electron chi connectivity index (χ2n) is 5.52. The van der Waals surface area contributed by atoms with Crippen LogP contribution in [0.5, 0.6) is 11.5 Å². The number of piperidine rings is 1. The zero-order valence-electron chi connectivity index (χ0n) is 13.1. The summed E-state index contributed by atoms with van der Waals surface area (Å²) in [6, 6.07) is 15.6. The first-order valence-electron chi connectivity index (χ1n) is 7.89. The van der Waals surface area contributed by atoms with E-state index >= 15 is 0 Å². The minimum Gasteiger partial charge on any atom is -0.457 e. The molecule has 3 N–H and O–H groups in total. The highest BCUT2D eigenvalue weighted by Crippen LogP contribution is 2.22. The van der Waals surface area contributed by atoms with E-state index in [1.54, 1.807) is 24.3 Å². The summed E-state index contributed by atoms with van der Waals surface area (Å²) in [5.41, 5.74) is 0.629. The fourth-order valence-corrected chi connectivity index (χ4v) is 2.47. The molecule has 6 nitrogen and oxygen atoms in total. The normalized spacial score (nSPS) is 16.8. The van der Waals surface area contributed by atoms with E-state index in [-0.39, 0.29) is 5.91 Å². The smallest absolute Gasteiger partial charge is 0.319 e. The Morgan fingerprint density at radius 2 is 1.75 bits per heavy atom. The second-order valence-corrected chi connectivity index (χ2v) is 5.52. The first kappa shape index (κ1) is 15.9. The first-order chi connectivity index (χ1) is 11.7. The number of para-hydroxylation sites is 1. The lowest BCUT2D eigenvalue weighted by molar-refractivity contribution is -0.124. The van der Waals surface area contributed by atoms with Crippen molar-refractivity contribution in [1.29, 1.82) is 0 Å². The maximum Gasteiger partial charge on any atom is 0.319 e. The highest BCUT2D eigenvalue weighted by Gasteiger charge is 2.23. The lowest BCUT2D eigenvalue weighted by atomic mass is 10.1. The molecule has 6 heteroatoms. The van der Waals surface area contributed by atoms with Crippen molar-refractivity contribution in [3.63, 3.8) is 0 Å². The summed E-state index contributed by atoms with van der Waals surface area (Å²) in [6.07, 6.45) is 1.52. The van der Waals surface area contributed by atoms with E-state index in [9.17, 15) is 9.59 Å². The van der Waals surface area contributed by atoms with E-state index in [0.29, 0.717) is 24.4 Å². The van der Waals surface area contributed by atoms with Crippen molar-refractivity contribution in [2.45, 2.75) is 18.9 Å². The maximum atomic E-state index is 12.0. The number of anilines is 1. The van der Waals surface area contributed by atoms with Crippen molar-refractivity contribution in [3.05, 3.63) is 54.6 Å². The lowest BCUT2D eigenvalue weighted by Crippen LogP contribution is -2.51. The monoisotopic (exact) mass is 325 g/mol. The van der Waals surface area contributed by atoms with Crippen LogP contribution in [0.4, 0.5) is 10.5 Å². The van der Waals surface area contributed by atoms with Gasteiger partial charge in [-0.15, -0.1) is 0 Å². The molecular weight excluding hydrogens is 306 g/mol. The van der Waals surface area contributed by atoms with Crippen LogP contribution < -0.4 is 20.7 Å². The van der Waals surface area contributed by atoms with Gasteiger partial charge in [-0.05, 0) is 49.2 Å². The summed E-state index contributed by atoms with van der Waals surface area (Å²) >= 11 is 0. The fraction of sp³-hybridized carbons (Fsp3) is 0.222. The maximum absolute atomic E-state index is 12.0. The molecule has 1 aliphatic heterocycles. The molecule has 1 heterocycles. The molecule has 0 bridgehead atoms. The first-order valence-corrected chi connectivity index (χ1v) is 7.89. The van der Waals surface area contributed by atoms with Gasteiger partial charge in [0.15, 0.2) is 0 Å². The summed E-state index contributed by atoms with van der Waals surface area (Å²) < 4.78 is 5.69. The Labute approximate surface area is 140 Å². The molecule has 1 unspecified atom stereocenters. The highest BCUT2D eigenvalue weighted by molar-refractivity contribution is 5.93. The molecule has 24 heavy (non-hydrogen) atoms. The standard InChI is InChI=1S/C18H19N3O3/c22-17-16(7-4-12-19-17)21-18(23)20-13-8-10-15(11-9-13)24-14-5-2-1-3-6-14/h1-3,5-6,8-11,16H,4,7,12H2,(H,19,22)(H2,20,21,23). The molecule has 2 aromatic carbocycles. The number of ether oxygens (including phenoxy) is 1. The topological polar surface area (TPSA) is 79.5 Å². The van der Waals surface area contributed by atoms with E-state index in [2.05, 4.69) is 16.0 Å². The van der Waals surface area contributed by atoms with Gasteiger partial charge in [0, 0.05) is 12.2 Å². The average Bonchev–Trinajstić information content (AvgIpc) is 2.60. The molecule has 3 rings (SSSR count). The van der Waals surface area contributed by atoms with Crippen LogP contribution in [0.25, 0.3) is 0 Å². The van der Waals surface area contributed by atoms with Crippen molar-refractivity contribution in [2.24, 2.45) is 0 Å². The van der Waals surface area contributed by atoms with Crippen molar-refractivity contribution in [3.8, 4) is 11.5 Å². The molecule has 3 amide bonds. The predicted molar refractivity (Wildman–Crippen MR) is 91.1 cm³/mol. The quantitative estimate of drug-likeness (QED) is 0.808. The minimum absolute atomic E-state index is 0.136. The molecule has 1 fully saturated rings. The number of carbonyl (C=O) groups excluding carboxylic acids is 2. The largest absolute Gasteiger partial charge is 0.457 e. The van der Waals surface area contributed by atoms with Gasteiger partial charge in [-0.3, -0.25) is 4.79 Å². The third kappa shape index (κ3) is 4.25. The van der Waals surface area contributed by atoms with Gasteiger partial charge in [0.05, 0.1) is 0 Å². The number of hydrogen-bond acceptors (Lipinski definition) is 3. The molecule has 0 saturated carbocycles. The average molecular weight is 325 g/mol. The van der Waals surface area contributed by atoms with Gasteiger partial charge in [-0.1, -0.05) is 18.2 Å². The Kier molecular flexibility index (Phi) is 4.96. The van der Waals surface area contributed by atoms with Crippen molar-refractivity contribution >= 4 is 17.6 Å². The van der Waals surface area contributed by atoms with Crippen LogP contribution in [0.1, 0.15) is 12.8 Å². The van der Waals surface area contributed by atoms with Crippen LogP contribution in [-0.4, -0.2) is 24.5 Å². The number of amides is 3. The summed E-state index contributed by atoms with van der Waals surface area (Å²) in [5.74, 6) is 1.29. The highest BCUT2D eigenvalue weighted by atomic mass is 16.5. The van der Waals surface area contributed by atoms with Gasteiger partial charge in [0.1, 0.15) is 17.5 Å². The number of carbonyl (C=O) groups is 2. The van der Waals surface area contributed by atoms with E-state index in [4.69, 9.17) is 4.74 Å². The molecule has 1 atom stereocenters. The SMILES string of the molecule is O=C(Nc1ccc(Oc2ccccc2)cc1)NC1CCCNC1=O. The number of urea groups is 1. The van der Waals surface area contributed by atoms with Gasteiger partial charge < -0.3 is 20.7 Å². The van der Waals surface area contributed by atoms with E-state index in [1.165, 1.54) is 0 Å². The Balaban J connectivity index is 1.54. The van der Waals surface area contributed by atoms with Crippen LogP contribution in [0.2, 0.25) is 0 Å². The summed E-state index contributed by atoms with van der Waals surface area (Å²) in [7, 11) is 0. The molecule has 2 aromatic rings. The van der Waals surface area contributed by atoms with Crippen LogP contribution in [-0.2, 0) is 4.79 Å². The second kappa shape index (κ2) is 7.50. The van der Waals surface area contributed by atoms with Gasteiger partial charge >= 0.3 is 6.03 Å². The van der Waals surface area contributed by atoms with Gasteiger partial charge in [-0.2, -0.15) is 0 Å². The number of hydrogen-bond donors (Lipinski definition) is 3. The molecular formula is C18H19N3O3. The van der Waals surface area contributed by atoms with Crippen LogP contribution in [0.15, 0.2) is 54.6 Å². The van der Waals surface area contributed by atoms with Crippen molar-refractivity contribution in [1.82, 2.24) is 10.6 Å². The molecule has 1 aliphatic rings. The Bertz CT molecular complexity index is 701. The van der Waals surface area contributed by atoms with Crippen molar-refractivity contribution in [2.75, 3.05) is 11.9 Å². The van der Waals surface area contributed by atoms with Gasteiger partial charge in [0.25, 0.3) is 0 Å². The number of benzene rings is 2. The van der Waals surface area contributed by atoms with E-state index in [0.717, 1.165) is 12.2 Å². The van der Waals surface area contributed by atoms with E-state index < -0.39 is 12.1 Å². The fourth-order valence-electron chi connectivity index (χ4n) is 2.47. The summed E-state index contributed by atoms with van der Waals surface area (Å²) in [5, 5.41) is 8.13. The third-order valence-corrected chi connectivity index (χ3v) is 3.68. The summed E-state index contributed by atoms with van der Waals surface area (Å²) in [6.45, 7) is 0.668. The molecule has 0 aliphatic carbocycles.